The second-order valence-electron chi connectivity index (χ2n) is 6.58. The summed E-state index contributed by atoms with van der Waals surface area (Å²) in [5.74, 6) is -0.965. The fourth-order valence-corrected chi connectivity index (χ4v) is 4.00. The minimum absolute atomic E-state index is 0.210. The minimum atomic E-state index is -3.68. The maximum Gasteiger partial charge on any atom is 0.335 e. The molecule has 3 aromatic rings. The van der Waals surface area contributed by atoms with Gasteiger partial charge in [-0.15, -0.1) is 0 Å². The van der Waals surface area contributed by atoms with Crippen molar-refractivity contribution in [2.24, 2.45) is 0 Å². The molecule has 0 heterocycles. The van der Waals surface area contributed by atoms with Crippen molar-refractivity contribution in [2.45, 2.75) is 24.7 Å². The lowest BCUT2D eigenvalue weighted by Gasteiger charge is -2.13. The topological polar surface area (TPSA) is 83.5 Å². The van der Waals surface area contributed by atoms with E-state index in [0.717, 1.165) is 16.7 Å². The molecule has 0 saturated carbocycles. The van der Waals surface area contributed by atoms with Gasteiger partial charge in [-0.2, -0.15) is 0 Å². The first-order chi connectivity index (χ1) is 13.3. The molecule has 0 atom stereocenters. The molecule has 28 heavy (non-hydrogen) atoms. The molecule has 0 aromatic heterocycles. The molecule has 0 unspecified atom stereocenters. The lowest BCUT2D eigenvalue weighted by molar-refractivity contribution is 0.0696. The van der Waals surface area contributed by atoms with Gasteiger partial charge in [0.05, 0.1) is 16.1 Å². The third kappa shape index (κ3) is 4.78. The second kappa shape index (κ2) is 8.27. The van der Waals surface area contributed by atoms with Crippen molar-refractivity contribution in [3.8, 4) is 0 Å². The monoisotopic (exact) mass is 395 g/mol. The van der Waals surface area contributed by atoms with Crippen LogP contribution in [-0.2, 0) is 22.9 Å². The largest absolute Gasteiger partial charge is 0.478 e. The molecule has 144 valence electrons. The summed E-state index contributed by atoms with van der Waals surface area (Å²) in [6.07, 6.45) is 1.18. The van der Waals surface area contributed by atoms with Crippen LogP contribution in [0.2, 0.25) is 0 Å². The third-order valence-corrected chi connectivity index (χ3v) is 5.83. The van der Waals surface area contributed by atoms with Crippen LogP contribution in [-0.4, -0.2) is 19.5 Å². The van der Waals surface area contributed by atoms with E-state index in [-0.39, 0.29) is 10.5 Å². The molecule has 0 saturated heterocycles. The summed E-state index contributed by atoms with van der Waals surface area (Å²) in [5.41, 5.74) is 3.49. The Kier molecular flexibility index (Phi) is 5.80. The number of aromatic carboxylic acids is 1. The number of benzene rings is 3. The van der Waals surface area contributed by atoms with Gasteiger partial charge >= 0.3 is 5.97 Å². The van der Waals surface area contributed by atoms with Crippen LogP contribution in [0.15, 0.2) is 77.7 Å². The molecule has 0 spiro atoms. The summed E-state index contributed by atoms with van der Waals surface area (Å²) in [6, 6.07) is 20.7. The first-order valence-corrected chi connectivity index (χ1v) is 10.3. The summed E-state index contributed by atoms with van der Waals surface area (Å²) in [4.78, 5) is 11.3. The van der Waals surface area contributed by atoms with E-state index >= 15 is 0 Å². The van der Waals surface area contributed by atoms with Crippen molar-refractivity contribution in [2.75, 3.05) is 4.72 Å². The van der Waals surface area contributed by atoms with Gasteiger partial charge in [0.25, 0.3) is 10.0 Å². The summed E-state index contributed by atoms with van der Waals surface area (Å²) in [5, 5.41) is 9.11. The van der Waals surface area contributed by atoms with E-state index in [9.17, 15) is 13.2 Å². The summed E-state index contributed by atoms with van der Waals surface area (Å²) in [6.45, 7) is 1.90. The van der Waals surface area contributed by atoms with Crippen LogP contribution in [0.1, 0.15) is 27.0 Å². The highest BCUT2D eigenvalue weighted by Gasteiger charge is 2.15. The van der Waals surface area contributed by atoms with Gasteiger partial charge in [-0.25, -0.2) is 13.2 Å². The van der Waals surface area contributed by atoms with Crippen LogP contribution >= 0.6 is 0 Å². The number of rotatable bonds is 7. The normalized spacial score (nSPS) is 11.2. The zero-order chi connectivity index (χ0) is 20.1. The van der Waals surface area contributed by atoms with Crippen molar-refractivity contribution in [3.63, 3.8) is 0 Å². The molecule has 0 amide bonds. The summed E-state index contributed by atoms with van der Waals surface area (Å²) in [7, 11) is -3.68. The van der Waals surface area contributed by atoms with E-state index in [2.05, 4.69) is 4.72 Å². The highest BCUT2D eigenvalue weighted by atomic mass is 32.2. The van der Waals surface area contributed by atoms with Gasteiger partial charge < -0.3 is 5.11 Å². The number of sulfonamides is 1. The maximum atomic E-state index is 12.7. The predicted octanol–water partition coefficient (Wildman–Crippen LogP) is 4.28. The van der Waals surface area contributed by atoms with Crippen molar-refractivity contribution in [1.82, 2.24) is 0 Å². The Balaban J connectivity index is 1.79. The lowest BCUT2D eigenvalue weighted by Crippen LogP contribution is -2.14. The number of anilines is 1. The number of carbonyl (C=O) groups is 1. The first-order valence-electron chi connectivity index (χ1n) is 8.85. The van der Waals surface area contributed by atoms with Crippen molar-refractivity contribution in [1.29, 1.82) is 0 Å². The van der Waals surface area contributed by atoms with Crippen LogP contribution in [0.4, 0.5) is 5.69 Å². The first kappa shape index (κ1) is 19.6. The van der Waals surface area contributed by atoms with E-state index in [1.54, 1.807) is 54.6 Å². The molecular weight excluding hydrogens is 374 g/mol. The van der Waals surface area contributed by atoms with Crippen LogP contribution < -0.4 is 4.72 Å². The second-order valence-corrected chi connectivity index (χ2v) is 8.26. The van der Waals surface area contributed by atoms with E-state index < -0.39 is 16.0 Å². The molecule has 6 heteroatoms. The number of para-hydroxylation sites is 1. The smallest absolute Gasteiger partial charge is 0.335 e. The Morgan fingerprint density at radius 1 is 0.929 bits per heavy atom. The molecule has 0 radical (unpaired) electrons. The molecule has 0 aliphatic heterocycles. The van der Waals surface area contributed by atoms with Gasteiger partial charge in [0.1, 0.15) is 0 Å². The van der Waals surface area contributed by atoms with Gasteiger partial charge in [0.15, 0.2) is 0 Å². The number of carboxylic acid groups (broad SMARTS) is 1. The van der Waals surface area contributed by atoms with Crippen LogP contribution in [0.25, 0.3) is 0 Å². The van der Waals surface area contributed by atoms with Gasteiger partial charge in [0, 0.05) is 0 Å². The average molecular weight is 395 g/mol. The fourth-order valence-electron chi connectivity index (χ4n) is 2.90. The van der Waals surface area contributed by atoms with Gasteiger partial charge in [-0.1, -0.05) is 48.0 Å². The Bertz CT molecular complexity index is 1090. The molecule has 5 nitrogen and oxygen atoms in total. The molecule has 2 N–H and O–H groups in total. The zero-order valence-corrected chi connectivity index (χ0v) is 16.2. The van der Waals surface area contributed by atoms with Gasteiger partial charge in [-0.05, 0) is 61.2 Å². The Hall–Kier alpha value is -3.12. The molecule has 3 rings (SSSR count). The number of hydrogen-bond acceptors (Lipinski definition) is 3. The number of hydrogen-bond donors (Lipinski definition) is 2. The Morgan fingerprint density at radius 2 is 1.64 bits per heavy atom. The van der Waals surface area contributed by atoms with E-state index in [1.165, 1.54) is 0 Å². The van der Waals surface area contributed by atoms with Crippen molar-refractivity contribution < 1.29 is 18.3 Å². The summed E-state index contributed by atoms with van der Waals surface area (Å²) >= 11 is 0. The van der Waals surface area contributed by atoms with Gasteiger partial charge in [-0.3, -0.25) is 4.72 Å². The SMILES string of the molecule is Cc1ccc(S(=O)(=O)Nc2ccccc2CCc2cccc(C(=O)O)c2)cc1. The number of carboxylic acids is 1. The molecular formula is C22H21NO4S. The quantitative estimate of drug-likeness (QED) is 0.625. The highest BCUT2D eigenvalue weighted by molar-refractivity contribution is 7.92. The van der Waals surface area contributed by atoms with E-state index in [0.29, 0.717) is 18.5 Å². The molecule has 3 aromatic carbocycles. The molecule has 0 fully saturated rings. The maximum absolute atomic E-state index is 12.7. The van der Waals surface area contributed by atoms with Crippen LogP contribution in [0.5, 0.6) is 0 Å². The average Bonchev–Trinajstić information content (AvgIpc) is 2.67. The zero-order valence-electron chi connectivity index (χ0n) is 15.4. The number of nitrogens with one attached hydrogen (secondary N) is 1. The Labute approximate surface area is 164 Å². The van der Waals surface area contributed by atoms with Gasteiger partial charge in [0.2, 0.25) is 0 Å². The van der Waals surface area contributed by atoms with E-state index in [4.69, 9.17) is 5.11 Å². The van der Waals surface area contributed by atoms with Crippen molar-refractivity contribution in [3.05, 3.63) is 95.1 Å². The fraction of sp³-hybridized carbons (Fsp3) is 0.136. The van der Waals surface area contributed by atoms with Crippen LogP contribution in [0, 0.1) is 6.92 Å². The molecule has 0 aliphatic carbocycles. The number of aryl methyl sites for hydroxylation is 3. The molecule has 0 bridgehead atoms. The summed E-state index contributed by atoms with van der Waals surface area (Å²) < 4.78 is 28.0. The standard InChI is InChI=1S/C22H21NO4S/c1-16-9-13-20(14-10-16)28(26,27)23-21-8-3-2-6-18(21)12-11-17-5-4-7-19(15-17)22(24)25/h2-10,13-15,23H,11-12H2,1H3,(H,24,25). The Morgan fingerprint density at radius 3 is 2.36 bits per heavy atom. The minimum Gasteiger partial charge on any atom is -0.478 e. The van der Waals surface area contributed by atoms with Crippen LogP contribution in [0.3, 0.4) is 0 Å². The van der Waals surface area contributed by atoms with E-state index in [1.807, 2.05) is 25.1 Å². The lowest BCUT2D eigenvalue weighted by atomic mass is 10.0. The molecule has 0 aliphatic rings. The highest BCUT2D eigenvalue weighted by Crippen LogP contribution is 2.22. The van der Waals surface area contributed by atoms with Crippen molar-refractivity contribution >= 4 is 21.7 Å². The third-order valence-electron chi connectivity index (χ3n) is 4.45. The predicted molar refractivity (Wildman–Crippen MR) is 109 cm³/mol.